The molecule has 0 aliphatic rings. The van der Waals surface area contributed by atoms with Crippen molar-refractivity contribution in [3.05, 3.63) is 46.4 Å². The lowest BCUT2D eigenvalue weighted by molar-refractivity contribution is -0.117. The lowest BCUT2D eigenvalue weighted by Crippen LogP contribution is -2.14. The third kappa shape index (κ3) is 4.44. The Kier molecular flexibility index (Phi) is 5.59. The first-order valence-corrected chi connectivity index (χ1v) is 9.54. The minimum atomic E-state index is -0.465. The molecule has 0 radical (unpaired) electrons. The van der Waals surface area contributed by atoms with Gasteiger partial charge in [0.05, 0.1) is 18.7 Å². The van der Waals surface area contributed by atoms with E-state index in [0.29, 0.717) is 23.1 Å². The summed E-state index contributed by atoms with van der Waals surface area (Å²) in [4.78, 5) is 31.7. The van der Waals surface area contributed by atoms with E-state index in [-0.39, 0.29) is 12.3 Å². The van der Waals surface area contributed by atoms with E-state index in [1.165, 1.54) is 22.7 Å². The van der Waals surface area contributed by atoms with Crippen LogP contribution in [0.25, 0.3) is 10.6 Å². The van der Waals surface area contributed by atoms with Crippen LogP contribution in [0.4, 0.5) is 5.13 Å². The summed E-state index contributed by atoms with van der Waals surface area (Å²) >= 11 is 2.62. The largest absolute Gasteiger partial charge is 0.494 e. The Hall–Kier alpha value is -2.78. The number of primary amides is 1. The predicted molar refractivity (Wildman–Crippen MR) is 102 cm³/mol. The Morgan fingerprint density at radius 3 is 2.62 bits per heavy atom. The van der Waals surface area contributed by atoms with E-state index in [4.69, 9.17) is 10.5 Å². The number of thiazole rings is 2. The Morgan fingerprint density at radius 2 is 1.92 bits per heavy atom. The van der Waals surface area contributed by atoms with Crippen LogP contribution >= 0.6 is 22.7 Å². The molecule has 0 bridgehead atoms. The van der Waals surface area contributed by atoms with E-state index < -0.39 is 5.91 Å². The molecule has 7 nitrogen and oxygen atoms in total. The molecule has 0 fully saturated rings. The fourth-order valence-electron chi connectivity index (χ4n) is 2.16. The lowest BCUT2D eigenvalue weighted by Gasteiger charge is -2.03. The maximum atomic E-state index is 12.3. The van der Waals surface area contributed by atoms with E-state index in [2.05, 4.69) is 15.3 Å². The second kappa shape index (κ2) is 8.07. The smallest absolute Gasteiger partial charge is 0.276 e. The number of rotatable bonds is 7. The van der Waals surface area contributed by atoms with Crippen molar-refractivity contribution in [2.24, 2.45) is 5.73 Å². The van der Waals surface area contributed by atoms with E-state index in [9.17, 15) is 9.59 Å². The van der Waals surface area contributed by atoms with Gasteiger partial charge in [-0.25, -0.2) is 9.97 Å². The number of benzene rings is 1. The average Bonchev–Trinajstić information content (AvgIpc) is 3.25. The SMILES string of the molecule is CCOc1ccc(-c2nc(C(=O)Nc3nc(CC(N)=O)cs3)cs2)cc1. The Bertz CT molecular complexity index is 918. The molecule has 0 spiro atoms. The molecular weight excluding hydrogens is 372 g/mol. The van der Waals surface area contributed by atoms with Crippen LogP contribution < -0.4 is 15.8 Å². The zero-order valence-corrected chi connectivity index (χ0v) is 15.5. The molecule has 3 rings (SSSR count). The third-order valence-electron chi connectivity index (χ3n) is 3.28. The van der Waals surface area contributed by atoms with Crippen LogP contribution in [0, 0.1) is 0 Å². The highest BCUT2D eigenvalue weighted by atomic mass is 32.1. The molecule has 9 heteroatoms. The van der Waals surface area contributed by atoms with Crippen LogP contribution in [0.5, 0.6) is 5.75 Å². The number of ether oxygens (including phenoxy) is 1. The molecule has 3 N–H and O–H groups in total. The topological polar surface area (TPSA) is 107 Å². The fraction of sp³-hybridized carbons (Fsp3) is 0.176. The lowest BCUT2D eigenvalue weighted by atomic mass is 10.2. The highest BCUT2D eigenvalue weighted by Crippen LogP contribution is 2.26. The van der Waals surface area contributed by atoms with Crippen LogP contribution in [0.1, 0.15) is 23.1 Å². The molecule has 26 heavy (non-hydrogen) atoms. The van der Waals surface area contributed by atoms with Crippen molar-refractivity contribution in [1.29, 1.82) is 0 Å². The standard InChI is InChI=1S/C17H16N4O3S2/c1-2-24-12-5-3-10(4-6-12)16-20-13(9-25-16)15(23)21-17-19-11(8-26-17)7-14(18)22/h3-6,8-9H,2,7H2,1H3,(H2,18,22)(H,19,21,23). The van der Waals surface area contributed by atoms with E-state index >= 15 is 0 Å². The molecule has 0 aliphatic carbocycles. The summed E-state index contributed by atoms with van der Waals surface area (Å²) in [6, 6.07) is 7.55. The summed E-state index contributed by atoms with van der Waals surface area (Å²) in [5.41, 5.74) is 6.89. The van der Waals surface area contributed by atoms with Crippen molar-refractivity contribution in [3.8, 4) is 16.3 Å². The first-order chi connectivity index (χ1) is 12.5. The number of aromatic nitrogens is 2. The zero-order chi connectivity index (χ0) is 18.5. The second-order valence-corrected chi connectivity index (χ2v) is 6.95. The van der Waals surface area contributed by atoms with E-state index in [1.54, 1.807) is 10.8 Å². The van der Waals surface area contributed by atoms with Crippen LogP contribution in [0.15, 0.2) is 35.0 Å². The molecule has 2 heterocycles. The number of nitrogens with two attached hydrogens (primary N) is 1. The number of anilines is 1. The quantitative estimate of drug-likeness (QED) is 0.647. The van der Waals surface area contributed by atoms with Crippen LogP contribution in [0.2, 0.25) is 0 Å². The summed E-state index contributed by atoms with van der Waals surface area (Å²) in [5.74, 6) is -0.0209. The van der Waals surface area contributed by atoms with E-state index in [1.807, 2.05) is 31.2 Å². The van der Waals surface area contributed by atoms with Crippen LogP contribution in [-0.2, 0) is 11.2 Å². The third-order valence-corrected chi connectivity index (χ3v) is 4.97. The molecular formula is C17H16N4O3S2. The molecule has 0 aliphatic heterocycles. The van der Waals surface area contributed by atoms with Gasteiger partial charge in [-0.15, -0.1) is 22.7 Å². The van der Waals surface area contributed by atoms with Crippen molar-refractivity contribution in [1.82, 2.24) is 9.97 Å². The van der Waals surface area contributed by atoms with Gasteiger partial charge in [-0.3, -0.25) is 14.9 Å². The Labute approximate surface area is 157 Å². The zero-order valence-electron chi connectivity index (χ0n) is 13.9. The van der Waals surface area contributed by atoms with Gasteiger partial charge in [0.25, 0.3) is 5.91 Å². The molecule has 0 atom stereocenters. The van der Waals surface area contributed by atoms with Crippen molar-refractivity contribution >= 4 is 39.6 Å². The van der Waals surface area contributed by atoms with Crippen molar-refractivity contribution in [3.63, 3.8) is 0 Å². The van der Waals surface area contributed by atoms with Gasteiger partial charge in [-0.2, -0.15) is 0 Å². The molecule has 134 valence electrons. The van der Waals surface area contributed by atoms with Gasteiger partial charge in [0.15, 0.2) is 5.13 Å². The molecule has 2 aromatic heterocycles. The molecule has 1 aromatic carbocycles. The first kappa shape index (κ1) is 18.0. The van der Waals surface area contributed by atoms with Crippen LogP contribution in [0.3, 0.4) is 0 Å². The highest BCUT2D eigenvalue weighted by Gasteiger charge is 2.14. The Balaban J connectivity index is 1.67. The fourth-order valence-corrected chi connectivity index (χ4v) is 3.67. The van der Waals surface area contributed by atoms with Crippen LogP contribution in [-0.4, -0.2) is 28.4 Å². The minimum absolute atomic E-state index is 0.0466. The highest BCUT2D eigenvalue weighted by molar-refractivity contribution is 7.14. The summed E-state index contributed by atoms with van der Waals surface area (Å²) < 4.78 is 5.42. The number of amides is 2. The number of carbonyl (C=O) groups is 2. The second-order valence-electron chi connectivity index (χ2n) is 5.24. The number of nitrogens with zero attached hydrogens (tertiary/aromatic N) is 2. The van der Waals surface area contributed by atoms with Crippen molar-refractivity contribution in [2.45, 2.75) is 13.3 Å². The molecule has 0 unspecified atom stereocenters. The van der Waals surface area contributed by atoms with Gasteiger partial charge < -0.3 is 10.5 Å². The van der Waals surface area contributed by atoms with Gasteiger partial charge in [0.1, 0.15) is 16.5 Å². The molecule has 3 aromatic rings. The van der Waals surface area contributed by atoms with Gasteiger partial charge in [0, 0.05) is 16.3 Å². The van der Waals surface area contributed by atoms with Gasteiger partial charge in [-0.05, 0) is 31.2 Å². The van der Waals surface area contributed by atoms with E-state index in [0.717, 1.165) is 16.3 Å². The first-order valence-electron chi connectivity index (χ1n) is 7.78. The minimum Gasteiger partial charge on any atom is -0.494 e. The number of hydrogen-bond acceptors (Lipinski definition) is 7. The summed E-state index contributed by atoms with van der Waals surface area (Å²) in [6.45, 7) is 2.54. The normalized spacial score (nSPS) is 10.5. The number of hydrogen-bond donors (Lipinski definition) is 2. The monoisotopic (exact) mass is 388 g/mol. The average molecular weight is 388 g/mol. The van der Waals surface area contributed by atoms with Crippen molar-refractivity contribution in [2.75, 3.05) is 11.9 Å². The number of carbonyl (C=O) groups excluding carboxylic acids is 2. The predicted octanol–water partition coefficient (Wildman–Crippen LogP) is 2.95. The number of nitrogens with one attached hydrogen (secondary N) is 1. The van der Waals surface area contributed by atoms with Gasteiger partial charge in [-0.1, -0.05) is 0 Å². The molecule has 0 saturated carbocycles. The summed E-state index contributed by atoms with van der Waals surface area (Å²) in [7, 11) is 0. The Morgan fingerprint density at radius 1 is 1.15 bits per heavy atom. The summed E-state index contributed by atoms with van der Waals surface area (Å²) in [6.07, 6.45) is 0.0466. The maximum Gasteiger partial charge on any atom is 0.276 e. The summed E-state index contributed by atoms with van der Waals surface area (Å²) in [5, 5.41) is 7.21. The molecule has 2 amide bonds. The molecule has 0 saturated heterocycles. The van der Waals surface area contributed by atoms with Gasteiger partial charge >= 0.3 is 0 Å². The van der Waals surface area contributed by atoms with Gasteiger partial charge in [0.2, 0.25) is 5.91 Å². The maximum absolute atomic E-state index is 12.3. The van der Waals surface area contributed by atoms with Crippen molar-refractivity contribution < 1.29 is 14.3 Å².